The molecule has 0 saturated carbocycles. The van der Waals surface area contributed by atoms with Crippen LogP contribution in [0.4, 0.5) is 0 Å². The Morgan fingerprint density at radius 1 is 1.58 bits per heavy atom. The molecule has 2 unspecified atom stereocenters. The second kappa shape index (κ2) is 9.10. The first-order valence-electron chi connectivity index (χ1n) is 7.92. The lowest BCUT2D eigenvalue weighted by molar-refractivity contribution is -0.153. The highest BCUT2D eigenvalue weighted by molar-refractivity contribution is 7.99. The van der Waals surface area contributed by atoms with E-state index in [9.17, 15) is 4.79 Å². The van der Waals surface area contributed by atoms with Crippen LogP contribution < -0.4 is 0 Å². The molecule has 0 radical (unpaired) electrons. The number of nitrogens with zero attached hydrogens (tertiary/aromatic N) is 5. The van der Waals surface area contributed by atoms with Crippen LogP contribution in [0.2, 0.25) is 5.02 Å². The molecule has 0 amide bonds. The molecule has 138 valence electrons. The van der Waals surface area contributed by atoms with E-state index < -0.39 is 12.1 Å². The average Bonchev–Trinajstić information content (AvgIpc) is 2.60. The van der Waals surface area contributed by atoms with E-state index >= 15 is 0 Å². The van der Waals surface area contributed by atoms with Gasteiger partial charge >= 0.3 is 5.97 Å². The van der Waals surface area contributed by atoms with Gasteiger partial charge in [-0.15, -0.1) is 0 Å². The molecule has 5 atom stereocenters. The fraction of sp³-hybridized carbons (Fsp3) is 0.562. The fourth-order valence-electron chi connectivity index (χ4n) is 2.78. The number of carbonyl (C=O) groups is 1. The van der Waals surface area contributed by atoms with Gasteiger partial charge in [-0.25, -0.2) is 4.98 Å². The second-order valence-corrected chi connectivity index (χ2v) is 7.57. The molecule has 0 aromatic carbocycles. The number of carbonyl (C=O) groups excluding carboxylic acids is 1. The number of ether oxygens (including phenoxy) is 2. The van der Waals surface area contributed by atoms with Gasteiger partial charge < -0.3 is 9.47 Å². The van der Waals surface area contributed by atoms with E-state index in [-0.39, 0.29) is 40.6 Å². The van der Waals surface area contributed by atoms with Crippen molar-refractivity contribution in [3.63, 3.8) is 0 Å². The number of halogens is 1. The lowest BCUT2D eigenvalue weighted by Gasteiger charge is -2.42. The summed E-state index contributed by atoms with van der Waals surface area (Å²) in [5.74, 6) is -0.597. The SMILES string of the molecule is CC(=O)OCC1O[C@H](Sc2cnc(C#N)c(Cl)c2)C(C)[C@@H](N=[N+]=[N-])[C@H]1C. The Bertz CT molecular complexity index is 765. The minimum atomic E-state index is -0.398. The van der Waals surface area contributed by atoms with Crippen LogP contribution in [0.25, 0.3) is 10.4 Å². The third-order valence-electron chi connectivity index (χ3n) is 4.21. The van der Waals surface area contributed by atoms with Crippen LogP contribution in [0.15, 0.2) is 22.3 Å². The van der Waals surface area contributed by atoms with Crippen LogP contribution in [-0.2, 0) is 14.3 Å². The summed E-state index contributed by atoms with van der Waals surface area (Å²) >= 11 is 7.41. The molecule has 10 heteroatoms. The number of rotatable bonds is 5. The highest BCUT2D eigenvalue weighted by atomic mass is 35.5. The van der Waals surface area contributed by atoms with Gasteiger partial charge in [0.15, 0.2) is 5.69 Å². The Labute approximate surface area is 160 Å². The van der Waals surface area contributed by atoms with Gasteiger partial charge in [0.1, 0.15) is 18.1 Å². The molecular formula is C16H18ClN5O3S. The third-order valence-corrected chi connectivity index (χ3v) is 5.77. The largest absolute Gasteiger partial charge is 0.463 e. The van der Waals surface area contributed by atoms with Gasteiger partial charge in [0.2, 0.25) is 0 Å². The van der Waals surface area contributed by atoms with Crippen molar-refractivity contribution < 1.29 is 14.3 Å². The molecule has 2 rings (SSSR count). The lowest BCUT2D eigenvalue weighted by Crippen LogP contribution is -2.48. The van der Waals surface area contributed by atoms with E-state index in [1.165, 1.54) is 18.7 Å². The van der Waals surface area contributed by atoms with Gasteiger partial charge in [0.05, 0.1) is 11.1 Å². The van der Waals surface area contributed by atoms with Gasteiger partial charge in [-0.2, -0.15) is 5.26 Å². The Hall–Kier alpha value is -1.98. The average molecular weight is 396 g/mol. The van der Waals surface area contributed by atoms with E-state index in [4.69, 9.17) is 31.9 Å². The van der Waals surface area contributed by atoms with Crippen molar-refractivity contribution in [2.45, 2.75) is 43.2 Å². The summed E-state index contributed by atoms with van der Waals surface area (Å²) in [6.07, 6.45) is 1.15. The summed E-state index contributed by atoms with van der Waals surface area (Å²) in [7, 11) is 0. The maximum atomic E-state index is 11.1. The van der Waals surface area contributed by atoms with Crippen molar-refractivity contribution in [2.75, 3.05) is 6.61 Å². The Kier molecular flexibility index (Phi) is 7.12. The molecule has 0 aliphatic carbocycles. The van der Waals surface area contributed by atoms with Gasteiger partial charge in [-0.05, 0) is 17.5 Å². The molecule has 8 nitrogen and oxygen atoms in total. The van der Waals surface area contributed by atoms with Gasteiger partial charge in [-0.1, -0.05) is 42.3 Å². The quantitative estimate of drug-likeness (QED) is 0.322. The zero-order chi connectivity index (χ0) is 19.3. The van der Waals surface area contributed by atoms with Crippen LogP contribution in [-0.4, -0.2) is 35.1 Å². The Morgan fingerprint density at radius 2 is 2.31 bits per heavy atom. The Balaban J connectivity index is 2.21. The number of hydrogen-bond acceptors (Lipinski definition) is 7. The minimum absolute atomic E-state index is 0.0874. The molecule has 1 fully saturated rings. The van der Waals surface area contributed by atoms with E-state index in [1.54, 1.807) is 12.3 Å². The number of azide groups is 1. The monoisotopic (exact) mass is 395 g/mol. The number of aromatic nitrogens is 1. The first-order valence-corrected chi connectivity index (χ1v) is 9.18. The molecular weight excluding hydrogens is 378 g/mol. The van der Waals surface area contributed by atoms with E-state index in [0.717, 1.165) is 4.90 Å². The second-order valence-electron chi connectivity index (χ2n) is 5.99. The predicted molar refractivity (Wildman–Crippen MR) is 96.4 cm³/mol. The van der Waals surface area contributed by atoms with Gasteiger partial charge in [0.25, 0.3) is 0 Å². The standard InChI is InChI=1S/C16H18ClN5O3S/c1-8-14(7-24-10(3)23)25-16(9(2)15(8)21-22-19)26-11-4-12(17)13(5-18)20-6-11/h4,6,8-9,14-16H,7H2,1-3H3/t8-,9?,14?,15-,16+/m0/s1. The minimum Gasteiger partial charge on any atom is -0.463 e. The molecule has 1 aromatic rings. The molecule has 26 heavy (non-hydrogen) atoms. The zero-order valence-corrected chi connectivity index (χ0v) is 16.1. The molecule has 1 aliphatic heterocycles. The Morgan fingerprint density at radius 3 is 2.88 bits per heavy atom. The number of thioether (sulfide) groups is 1. The molecule has 0 spiro atoms. The van der Waals surface area contributed by atoms with E-state index in [2.05, 4.69) is 15.0 Å². The van der Waals surface area contributed by atoms with E-state index in [0.29, 0.717) is 0 Å². The molecule has 0 N–H and O–H groups in total. The van der Waals surface area contributed by atoms with Crippen molar-refractivity contribution in [1.82, 2.24) is 4.98 Å². The van der Waals surface area contributed by atoms with Crippen LogP contribution in [0.5, 0.6) is 0 Å². The molecule has 1 aromatic heterocycles. The third kappa shape index (κ3) is 4.80. The molecule has 1 saturated heterocycles. The fourth-order valence-corrected chi connectivity index (χ4v) is 4.19. The summed E-state index contributed by atoms with van der Waals surface area (Å²) < 4.78 is 11.2. The topological polar surface area (TPSA) is 121 Å². The number of hydrogen-bond donors (Lipinski definition) is 0. The molecule has 1 aliphatic rings. The van der Waals surface area contributed by atoms with Crippen molar-refractivity contribution in [2.24, 2.45) is 17.0 Å². The summed E-state index contributed by atoms with van der Waals surface area (Å²) in [5, 5.41) is 13.1. The van der Waals surface area contributed by atoms with Crippen LogP contribution in [0, 0.1) is 23.2 Å². The van der Waals surface area contributed by atoms with Crippen molar-refractivity contribution >= 4 is 29.3 Å². The smallest absolute Gasteiger partial charge is 0.302 e. The number of esters is 1. The highest BCUT2D eigenvalue weighted by Gasteiger charge is 2.42. The molecule has 2 heterocycles. The summed E-state index contributed by atoms with van der Waals surface area (Å²) in [4.78, 5) is 18.8. The van der Waals surface area contributed by atoms with Crippen molar-refractivity contribution in [1.29, 1.82) is 5.26 Å². The predicted octanol–water partition coefficient (Wildman–Crippen LogP) is 3.94. The van der Waals surface area contributed by atoms with Crippen LogP contribution >= 0.6 is 23.4 Å². The lowest BCUT2D eigenvalue weighted by atomic mass is 9.85. The first kappa shape index (κ1) is 20.3. The van der Waals surface area contributed by atoms with Crippen molar-refractivity contribution in [3.8, 4) is 6.07 Å². The summed E-state index contributed by atoms with van der Waals surface area (Å²) in [6, 6.07) is 3.25. The zero-order valence-electron chi connectivity index (χ0n) is 14.5. The number of nitriles is 1. The van der Waals surface area contributed by atoms with Gasteiger partial charge in [-0.3, -0.25) is 4.79 Å². The maximum Gasteiger partial charge on any atom is 0.302 e. The first-order chi connectivity index (χ1) is 12.4. The van der Waals surface area contributed by atoms with E-state index in [1.807, 2.05) is 19.9 Å². The molecule has 0 bridgehead atoms. The van der Waals surface area contributed by atoms with Gasteiger partial charge in [0, 0.05) is 34.9 Å². The number of pyridine rings is 1. The summed E-state index contributed by atoms with van der Waals surface area (Å²) in [6.45, 7) is 5.26. The van der Waals surface area contributed by atoms with Crippen LogP contribution in [0.1, 0.15) is 26.5 Å². The van der Waals surface area contributed by atoms with Crippen molar-refractivity contribution in [3.05, 3.63) is 33.4 Å². The highest BCUT2D eigenvalue weighted by Crippen LogP contribution is 2.40. The normalized spacial score (nSPS) is 27.9. The summed E-state index contributed by atoms with van der Waals surface area (Å²) in [5.41, 5.74) is 8.70. The maximum absolute atomic E-state index is 11.1. The van der Waals surface area contributed by atoms with Crippen LogP contribution in [0.3, 0.4) is 0 Å².